The zero-order chi connectivity index (χ0) is 32.7. The number of allylic oxidation sites excluding steroid dienone is 2. The molecular weight excluding hydrogens is 614 g/mol. The van der Waals surface area contributed by atoms with Gasteiger partial charge in [0.1, 0.15) is 29.6 Å². The van der Waals surface area contributed by atoms with Gasteiger partial charge in [-0.15, -0.1) is 0 Å². The lowest BCUT2D eigenvalue weighted by molar-refractivity contribution is -0.123. The molecule has 2 heterocycles. The summed E-state index contributed by atoms with van der Waals surface area (Å²) in [6.07, 6.45) is 4.54. The number of rotatable bonds is 12. The second kappa shape index (κ2) is 12.7. The molecule has 46 heavy (non-hydrogen) atoms. The number of hydrogen-bond acceptors (Lipinski definition) is 5. The van der Waals surface area contributed by atoms with Crippen molar-refractivity contribution in [2.45, 2.75) is 62.6 Å². The van der Waals surface area contributed by atoms with Crippen LogP contribution in [0.4, 0.5) is 26.3 Å². The van der Waals surface area contributed by atoms with Gasteiger partial charge >= 0.3 is 0 Å². The van der Waals surface area contributed by atoms with Gasteiger partial charge in [-0.25, -0.2) is 17.6 Å². The van der Waals surface area contributed by atoms with E-state index in [1.807, 2.05) is 18.2 Å². The number of nitrogens with zero attached hydrogens (tertiary/aromatic N) is 3. The highest BCUT2D eigenvalue weighted by Crippen LogP contribution is 2.68. The Balaban J connectivity index is 1.32. The monoisotopic (exact) mass is 646 g/mol. The summed E-state index contributed by atoms with van der Waals surface area (Å²) in [5.74, 6) is -8.41. The Morgan fingerprint density at radius 3 is 2.59 bits per heavy atom. The Morgan fingerprint density at radius 2 is 1.91 bits per heavy atom. The molecule has 0 bridgehead atoms. The first-order chi connectivity index (χ1) is 22.0. The van der Waals surface area contributed by atoms with Crippen molar-refractivity contribution in [1.82, 2.24) is 20.1 Å². The van der Waals surface area contributed by atoms with Crippen molar-refractivity contribution in [1.29, 1.82) is 0 Å². The molecule has 3 aliphatic rings. The van der Waals surface area contributed by atoms with Gasteiger partial charge in [-0.2, -0.15) is 13.9 Å². The first-order valence-corrected chi connectivity index (χ1v) is 15.0. The molecule has 13 heteroatoms. The van der Waals surface area contributed by atoms with E-state index >= 15 is 8.78 Å². The molecule has 5 atom stereocenters. The molecule has 0 spiro atoms. The molecule has 1 saturated carbocycles. The van der Waals surface area contributed by atoms with Crippen LogP contribution in [0.15, 0.2) is 54.8 Å². The minimum Gasteiger partial charge on any atom is -0.382 e. The van der Waals surface area contributed by atoms with Crippen molar-refractivity contribution in [3.63, 3.8) is 0 Å². The van der Waals surface area contributed by atoms with Crippen LogP contribution in [0.1, 0.15) is 77.8 Å². The number of fused-ring (bicyclic) bond motifs is 3. The number of ether oxygens (including phenoxy) is 2. The van der Waals surface area contributed by atoms with Crippen molar-refractivity contribution >= 4 is 11.5 Å². The molecule has 1 N–H and O–H groups in total. The molecule has 3 aliphatic carbocycles. The van der Waals surface area contributed by atoms with E-state index in [2.05, 4.69) is 15.4 Å². The number of alkyl halides is 4. The van der Waals surface area contributed by atoms with E-state index in [-0.39, 0.29) is 23.7 Å². The number of carbonyl (C=O) groups is 1. The number of aromatic nitrogens is 3. The maximum atomic E-state index is 15.1. The lowest BCUT2D eigenvalue weighted by Crippen LogP contribution is -2.36. The first-order valence-electron chi connectivity index (χ1n) is 15.0. The molecule has 0 aliphatic heterocycles. The number of benzene rings is 1. The van der Waals surface area contributed by atoms with Crippen molar-refractivity contribution in [2.75, 3.05) is 20.3 Å². The normalized spacial score (nSPS) is 22.3. The Labute approximate surface area is 261 Å². The van der Waals surface area contributed by atoms with Crippen LogP contribution in [-0.4, -0.2) is 47.1 Å². The largest absolute Gasteiger partial charge is 0.382 e. The number of carbonyl (C=O) groups excluding carboxylic acids is 1. The third-order valence-corrected chi connectivity index (χ3v) is 8.81. The molecule has 244 valence electrons. The van der Waals surface area contributed by atoms with Gasteiger partial charge in [0.2, 0.25) is 5.91 Å². The zero-order valence-corrected chi connectivity index (χ0v) is 25.0. The van der Waals surface area contributed by atoms with E-state index in [1.165, 1.54) is 6.20 Å². The van der Waals surface area contributed by atoms with Crippen molar-refractivity contribution in [2.24, 2.45) is 5.92 Å². The molecule has 3 aromatic rings. The Bertz CT molecular complexity index is 1670. The number of halogens is 6. The van der Waals surface area contributed by atoms with Crippen LogP contribution < -0.4 is 5.32 Å². The van der Waals surface area contributed by atoms with Crippen molar-refractivity contribution in [3.8, 4) is 0 Å². The van der Waals surface area contributed by atoms with Crippen LogP contribution in [0.25, 0.3) is 5.57 Å². The van der Waals surface area contributed by atoms with Gasteiger partial charge in [-0.3, -0.25) is 14.5 Å². The molecule has 7 nitrogen and oxygen atoms in total. The Morgan fingerprint density at radius 1 is 1.15 bits per heavy atom. The van der Waals surface area contributed by atoms with Crippen molar-refractivity contribution < 1.29 is 40.6 Å². The highest BCUT2D eigenvalue weighted by molar-refractivity contribution is 5.79. The molecule has 0 radical (unpaired) electrons. The maximum Gasteiger partial charge on any atom is 0.293 e. The third-order valence-electron chi connectivity index (χ3n) is 8.81. The standard InChI is InChI=1S/C33H32F6N4O3/c1-17(19-12-20(34)14-21(35)13-19)28(29-23(4-3-9-40-29)18-5-7-22(8-6-18)46-11-10-45-2)41-26(44)16-43-31-27(30(42-43)32(36)37)24-15-25(24)33(31,38)39/h3-7,9,12-14,17,22,24-25,28,32H,8,10-11,15-16H2,1-2H3,(H,41,44)/t17-,22?,24?,25?,28+/m1/s1. The van der Waals surface area contributed by atoms with Gasteiger partial charge < -0.3 is 14.8 Å². The summed E-state index contributed by atoms with van der Waals surface area (Å²) < 4.78 is 98.0. The summed E-state index contributed by atoms with van der Waals surface area (Å²) in [6.45, 7) is 1.73. The van der Waals surface area contributed by atoms with Gasteiger partial charge in [-0.1, -0.05) is 31.2 Å². The highest BCUT2D eigenvalue weighted by Gasteiger charge is 2.67. The van der Waals surface area contributed by atoms with Crippen LogP contribution >= 0.6 is 0 Å². The van der Waals surface area contributed by atoms with Gasteiger partial charge in [-0.05, 0) is 48.1 Å². The minimum absolute atomic E-state index is 0.0914. The van der Waals surface area contributed by atoms with E-state index in [9.17, 15) is 22.4 Å². The Hall–Kier alpha value is -3.97. The van der Waals surface area contributed by atoms with E-state index in [0.717, 1.165) is 23.8 Å². The topological polar surface area (TPSA) is 78.3 Å². The van der Waals surface area contributed by atoms with Crippen LogP contribution in [0, 0.1) is 17.6 Å². The average Bonchev–Trinajstić information content (AvgIpc) is 3.68. The van der Waals surface area contributed by atoms with Gasteiger partial charge in [0, 0.05) is 42.3 Å². The fourth-order valence-corrected chi connectivity index (χ4v) is 6.51. The summed E-state index contributed by atoms with van der Waals surface area (Å²) in [5.41, 5.74) is 0.380. The first kappa shape index (κ1) is 32.0. The molecular formula is C33H32F6N4O3. The van der Waals surface area contributed by atoms with E-state index in [1.54, 1.807) is 26.2 Å². The van der Waals surface area contributed by atoms with E-state index in [0.29, 0.717) is 35.6 Å². The number of pyridine rings is 1. The predicted octanol–water partition coefficient (Wildman–Crippen LogP) is 6.74. The van der Waals surface area contributed by atoms with Crippen LogP contribution in [0.2, 0.25) is 0 Å². The molecule has 0 saturated heterocycles. The van der Waals surface area contributed by atoms with Gasteiger partial charge in [0.15, 0.2) is 0 Å². The lowest BCUT2D eigenvalue weighted by atomic mass is 9.86. The van der Waals surface area contributed by atoms with E-state index in [4.69, 9.17) is 9.47 Å². The second-order valence-electron chi connectivity index (χ2n) is 11.8. The molecule has 1 aromatic carbocycles. The van der Waals surface area contributed by atoms with E-state index < -0.39 is 71.6 Å². The SMILES string of the molecule is COCCOC1C=CC(c2cccnc2[C@@H](NC(=O)Cn2nc(C(F)F)c3c2C(F)(F)C2CC32)[C@H](C)c2cc(F)cc(F)c2)=CC1. The zero-order valence-electron chi connectivity index (χ0n) is 25.0. The van der Waals surface area contributed by atoms with Crippen molar-refractivity contribution in [3.05, 3.63) is 100 Å². The van der Waals surface area contributed by atoms with Gasteiger partial charge in [0.25, 0.3) is 12.3 Å². The van der Waals surface area contributed by atoms with Gasteiger partial charge in [0.05, 0.1) is 31.1 Å². The molecule has 1 amide bonds. The summed E-state index contributed by atoms with van der Waals surface area (Å²) in [7, 11) is 1.58. The third kappa shape index (κ3) is 6.09. The Kier molecular flexibility index (Phi) is 8.81. The lowest BCUT2D eigenvalue weighted by Gasteiger charge is -2.28. The summed E-state index contributed by atoms with van der Waals surface area (Å²) >= 11 is 0. The second-order valence-corrected chi connectivity index (χ2v) is 11.8. The van der Waals surface area contributed by atoms with Crippen LogP contribution in [-0.2, 0) is 26.7 Å². The average molecular weight is 647 g/mol. The molecule has 3 unspecified atom stereocenters. The molecule has 6 rings (SSSR count). The predicted molar refractivity (Wildman–Crippen MR) is 155 cm³/mol. The van der Waals surface area contributed by atoms with Crippen LogP contribution in [0.3, 0.4) is 0 Å². The summed E-state index contributed by atoms with van der Waals surface area (Å²) in [6, 6.07) is 5.47. The number of amides is 1. The molecule has 1 fully saturated rings. The fourth-order valence-electron chi connectivity index (χ4n) is 6.51. The quantitative estimate of drug-likeness (QED) is 0.174. The maximum absolute atomic E-state index is 15.1. The minimum atomic E-state index is -3.40. The number of nitrogens with one attached hydrogen (secondary N) is 1. The summed E-state index contributed by atoms with van der Waals surface area (Å²) in [5, 5.41) is 6.54. The highest BCUT2D eigenvalue weighted by atomic mass is 19.3. The number of methoxy groups -OCH3 is 1. The smallest absolute Gasteiger partial charge is 0.293 e. The molecule has 2 aromatic heterocycles. The fraction of sp³-hybridized carbons (Fsp3) is 0.424. The number of hydrogen-bond donors (Lipinski definition) is 1. The summed E-state index contributed by atoms with van der Waals surface area (Å²) in [4.78, 5) is 18.1. The van der Waals surface area contributed by atoms with Crippen LogP contribution in [0.5, 0.6) is 0 Å².